The van der Waals surface area contributed by atoms with E-state index < -0.39 is 12.2 Å². The van der Waals surface area contributed by atoms with Gasteiger partial charge in [0, 0.05) is 6.04 Å². The van der Waals surface area contributed by atoms with Crippen LogP contribution in [0.2, 0.25) is 0 Å². The molecule has 130 valence electrons. The molecule has 3 N–H and O–H groups in total. The van der Waals surface area contributed by atoms with E-state index in [0.717, 1.165) is 19.4 Å². The van der Waals surface area contributed by atoms with E-state index in [4.69, 9.17) is 4.74 Å². The first kappa shape index (κ1) is 19.4. The molecule has 1 aliphatic rings. The predicted molar refractivity (Wildman–Crippen MR) is 83.3 cm³/mol. The monoisotopic (exact) mass is 317 g/mol. The number of likely N-dealkylation sites (N-methyl/N-ethyl adjacent to an activating group) is 1. The minimum Gasteiger partial charge on any atom is -0.463 e. The highest BCUT2D eigenvalue weighted by Crippen LogP contribution is 2.16. The topological polar surface area (TPSA) is 90.2 Å². The molecule has 22 heavy (non-hydrogen) atoms. The average Bonchev–Trinajstić information content (AvgIpc) is 2.49. The highest BCUT2D eigenvalue weighted by Gasteiger charge is 2.27. The molecular formula is C16H31NO5. The van der Waals surface area contributed by atoms with Crippen LogP contribution >= 0.6 is 0 Å². The van der Waals surface area contributed by atoms with Gasteiger partial charge in [-0.05, 0) is 46.2 Å². The van der Waals surface area contributed by atoms with Gasteiger partial charge in [-0.2, -0.15) is 0 Å². The van der Waals surface area contributed by atoms with E-state index in [0.29, 0.717) is 19.3 Å². The van der Waals surface area contributed by atoms with Crippen LogP contribution in [0.1, 0.15) is 46.0 Å². The van der Waals surface area contributed by atoms with E-state index in [2.05, 4.69) is 0 Å². The highest BCUT2D eigenvalue weighted by atomic mass is 16.5. The smallest absolute Gasteiger partial charge is 0.308 e. The van der Waals surface area contributed by atoms with Crippen molar-refractivity contribution >= 4 is 5.97 Å². The summed E-state index contributed by atoms with van der Waals surface area (Å²) in [6.45, 7) is 4.15. The first-order valence-corrected chi connectivity index (χ1v) is 8.24. The van der Waals surface area contributed by atoms with Gasteiger partial charge in [0.1, 0.15) is 12.7 Å². The van der Waals surface area contributed by atoms with Crippen LogP contribution in [0.15, 0.2) is 0 Å². The van der Waals surface area contributed by atoms with Crippen LogP contribution in [0.25, 0.3) is 0 Å². The molecule has 6 heteroatoms. The standard InChI is InChI=1S/C16H31NO5/c1-11-6-4-7-13(18)8-5-9-17(3)12(2)15(20)14(19)10-22-16(11)21/h11-15,18-20H,4-10H2,1-3H3/t11-,12-,13+,14-,15-/m1/s1. The fraction of sp³-hybridized carbons (Fsp3) is 0.938. The fourth-order valence-electron chi connectivity index (χ4n) is 2.69. The van der Waals surface area contributed by atoms with E-state index in [1.807, 2.05) is 18.9 Å². The Balaban J connectivity index is 2.68. The number of aliphatic hydroxyl groups is 3. The van der Waals surface area contributed by atoms with Crippen molar-refractivity contribution in [3.8, 4) is 0 Å². The molecule has 0 saturated carbocycles. The second-order valence-corrected chi connectivity index (χ2v) is 6.54. The number of rotatable bonds is 0. The van der Waals surface area contributed by atoms with Gasteiger partial charge in [-0.25, -0.2) is 0 Å². The molecular weight excluding hydrogens is 286 g/mol. The number of nitrogens with zero attached hydrogens (tertiary/aromatic N) is 1. The summed E-state index contributed by atoms with van der Waals surface area (Å²) in [6, 6.07) is -0.256. The number of ether oxygens (including phenoxy) is 1. The van der Waals surface area contributed by atoms with Crippen LogP contribution in [-0.4, -0.2) is 70.7 Å². The Labute approximate surface area is 133 Å². The van der Waals surface area contributed by atoms with E-state index in [-0.39, 0.29) is 30.6 Å². The maximum Gasteiger partial charge on any atom is 0.308 e. The normalized spacial score (nSPS) is 37.9. The lowest BCUT2D eigenvalue weighted by Gasteiger charge is -2.31. The predicted octanol–water partition coefficient (Wildman–Crippen LogP) is 0.533. The van der Waals surface area contributed by atoms with Crippen molar-refractivity contribution in [2.45, 2.75) is 70.3 Å². The molecule has 0 radical (unpaired) electrons. The SMILES string of the molecule is C[C@@H]1CCC[C@H](O)CCCN(C)[C@H](C)[C@@H](O)[C@H](O)COC1=O. The number of hydrogen-bond donors (Lipinski definition) is 3. The molecule has 6 nitrogen and oxygen atoms in total. The Kier molecular flexibility index (Phi) is 8.31. The summed E-state index contributed by atoms with van der Waals surface area (Å²) in [4.78, 5) is 13.8. The minimum absolute atomic E-state index is 0.189. The summed E-state index contributed by atoms with van der Waals surface area (Å²) in [5, 5.41) is 30.1. The summed E-state index contributed by atoms with van der Waals surface area (Å²) in [5.41, 5.74) is 0. The third-order valence-corrected chi connectivity index (χ3v) is 4.61. The summed E-state index contributed by atoms with van der Waals surface area (Å²) in [7, 11) is 1.87. The fourth-order valence-corrected chi connectivity index (χ4v) is 2.69. The number of carbonyl (C=O) groups excluding carboxylic acids is 1. The van der Waals surface area contributed by atoms with Gasteiger partial charge in [-0.1, -0.05) is 13.3 Å². The maximum absolute atomic E-state index is 11.8. The molecule has 0 spiro atoms. The van der Waals surface area contributed by atoms with E-state index in [1.54, 1.807) is 6.92 Å². The average molecular weight is 317 g/mol. The van der Waals surface area contributed by atoms with Crippen molar-refractivity contribution in [1.29, 1.82) is 0 Å². The Morgan fingerprint density at radius 3 is 2.41 bits per heavy atom. The lowest BCUT2D eigenvalue weighted by atomic mass is 10.0. The summed E-state index contributed by atoms with van der Waals surface area (Å²) >= 11 is 0. The number of esters is 1. The third kappa shape index (κ3) is 6.20. The molecule has 1 heterocycles. The number of hydrogen-bond acceptors (Lipinski definition) is 6. The first-order valence-electron chi connectivity index (χ1n) is 8.24. The van der Waals surface area contributed by atoms with Crippen molar-refractivity contribution in [2.75, 3.05) is 20.2 Å². The van der Waals surface area contributed by atoms with E-state index in [1.165, 1.54) is 0 Å². The minimum atomic E-state index is -1.09. The molecule has 0 aromatic heterocycles. The van der Waals surface area contributed by atoms with Gasteiger partial charge < -0.3 is 25.0 Å². The zero-order valence-corrected chi connectivity index (χ0v) is 13.9. The van der Waals surface area contributed by atoms with Crippen molar-refractivity contribution in [1.82, 2.24) is 4.90 Å². The maximum atomic E-state index is 11.8. The zero-order chi connectivity index (χ0) is 16.7. The van der Waals surface area contributed by atoms with Gasteiger partial charge in [0.2, 0.25) is 0 Å². The van der Waals surface area contributed by atoms with Gasteiger partial charge in [0.15, 0.2) is 0 Å². The highest BCUT2D eigenvalue weighted by molar-refractivity contribution is 5.71. The third-order valence-electron chi connectivity index (χ3n) is 4.61. The molecule has 0 aromatic rings. The van der Waals surface area contributed by atoms with Crippen molar-refractivity contribution in [3.05, 3.63) is 0 Å². The first-order chi connectivity index (χ1) is 10.3. The largest absolute Gasteiger partial charge is 0.463 e. The molecule has 1 rings (SSSR count). The van der Waals surface area contributed by atoms with Crippen molar-refractivity contribution in [3.63, 3.8) is 0 Å². The van der Waals surface area contributed by atoms with Crippen molar-refractivity contribution in [2.24, 2.45) is 5.92 Å². The van der Waals surface area contributed by atoms with Crippen LogP contribution in [0.3, 0.4) is 0 Å². The number of cyclic esters (lactones) is 1. The zero-order valence-electron chi connectivity index (χ0n) is 13.9. The Bertz CT molecular complexity index is 338. The molecule has 0 unspecified atom stereocenters. The van der Waals surface area contributed by atoms with E-state index in [9.17, 15) is 20.1 Å². The molecule has 0 aromatic carbocycles. The van der Waals surface area contributed by atoms with Crippen LogP contribution in [-0.2, 0) is 9.53 Å². The van der Waals surface area contributed by atoms with Gasteiger partial charge in [-0.3, -0.25) is 4.79 Å². The van der Waals surface area contributed by atoms with Crippen LogP contribution < -0.4 is 0 Å². The lowest BCUT2D eigenvalue weighted by Crippen LogP contribution is -2.47. The molecule has 0 bridgehead atoms. The van der Waals surface area contributed by atoms with Crippen LogP contribution in [0.4, 0.5) is 0 Å². The van der Waals surface area contributed by atoms with Gasteiger partial charge in [0.25, 0.3) is 0 Å². The number of aliphatic hydroxyl groups excluding tert-OH is 3. The molecule has 1 fully saturated rings. The Morgan fingerprint density at radius 1 is 1.09 bits per heavy atom. The molecule has 5 atom stereocenters. The molecule has 0 aliphatic carbocycles. The second kappa shape index (κ2) is 9.45. The summed E-state index contributed by atoms with van der Waals surface area (Å²) in [5.74, 6) is -0.626. The second-order valence-electron chi connectivity index (χ2n) is 6.54. The lowest BCUT2D eigenvalue weighted by molar-refractivity contribution is -0.154. The molecule has 0 amide bonds. The Morgan fingerprint density at radius 2 is 1.73 bits per heavy atom. The van der Waals surface area contributed by atoms with Crippen LogP contribution in [0, 0.1) is 5.92 Å². The molecule has 1 aliphatic heterocycles. The molecule has 1 saturated heterocycles. The van der Waals surface area contributed by atoms with Gasteiger partial charge >= 0.3 is 5.97 Å². The Hall–Kier alpha value is -0.690. The van der Waals surface area contributed by atoms with Crippen LogP contribution in [0.5, 0.6) is 0 Å². The van der Waals surface area contributed by atoms with Gasteiger partial charge in [0.05, 0.1) is 18.1 Å². The van der Waals surface area contributed by atoms with E-state index >= 15 is 0 Å². The summed E-state index contributed by atoms with van der Waals surface area (Å²) < 4.78 is 5.09. The quantitative estimate of drug-likeness (QED) is 0.565. The van der Waals surface area contributed by atoms with Gasteiger partial charge in [-0.15, -0.1) is 0 Å². The summed E-state index contributed by atoms with van der Waals surface area (Å²) in [6.07, 6.45) is 1.21. The number of carbonyl (C=O) groups is 1. The van der Waals surface area contributed by atoms with Crippen molar-refractivity contribution < 1.29 is 24.9 Å².